The fourth-order valence-corrected chi connectivity index (χ4v) is 2.49. The molecule has 1 fully saturated rings. The van der Waals surface area contributed by atoms with Crippen LogP contribution >= 0.6 is 24.8 Å². The summed E-state index contributed by atoms with van der Waals surface area (Å²) < 4.78 is 10.3. The van der Waals surface area contributed by atoms with E-state index in [1.807, 2.05) is 12.1 Å². The number of halogens is 2. The lowest BCUT2D eigenvalue weighted by Crippen LogP contribution is -2.35. The Hall–Kier alpha value is -0.890. The zero-order valence-corrected chi connectivity index (χ0v) is 16.3. The summed E-state index contributed by atoms with van der Waals surface area (Å²) in [6.07, 6.45) is 0. The first kappa shape index (κ1) is 24.1. The number of morpholine rings is 1. The van der Waals surface area contributed by atoms with Gasteiger partial charge in [0.25, 0.3) is 0 Å². The lowest BCUT2D eigenvalue weighted by molar-refractivity contribution is -0.120. The van der Waals surface area contributed by atoms with Gasteiger partial charge >= 0.3 is 0 Å². The molecule has 1 saturated heterocycles. The third-order valence-corrected chi connectivity index (χ3v) is 3.76. The molecule has 25 heavy (non-hydrogen) atoms. The second-order valence-corrected chi connectivity index (χ2v) is 5.65. The molecule has 0 atom stereocenters. The molecule has 0 radical (unpaired) electrons. The van der Waals surface area contributed by atoms with Gasteiger partial charge < -0.3 is 20.1 Å². The Morgan fingerprint density at radius 1 is 1.24 bits per heavy atom. The van der Waals surface area contributed by atoms with Crippen molar-refractivity contribution in [2.75, 3.05) is 53.1 Å². The van der Waals surface area contributed by atoms with Gasteiger partial charge in [0.05, 0.1) is 26.4 Å². The van der Waals surface area contributed by atoms with Crippen molar-refractivity contribution in [1.82, 2.24) is 15.5 Å². The van der Waals surface area contributed by atoms with Crippen LogP contribution in [-0.2, 0) is 27.4 Å². The van der Waals surface area contributed by atoms with Crippen LogP contribution in [0.3, 0.4) is 0 Å². The van der Waals surface area contributed by atoms with Crippen LogP contribution in [0, 0.1) is 0 Å². The molecule has 1 amide bonds. The van der Waals surface area contributed by atoms with Gasteiger partial charge in [0.2, 0.25) is 5.91 Å². The first-order valence-electron chi connectivity index (χ1n) is 8.12. The van der Waals surface area contributed by atoms with Gasteiger partial charge in [-0.2, -0.15) is 0 Å². The van der Waals surface area contributed by atoms with Crippen LogP contribution in [0.5, 0.6) is 0 Å². The summed E-state index contributed by atoms with van der Waals surface area (Å²) in [5.41, 5.74) is 2.40. The molecule has 1 heterocycles. The molecular weight excluding hydrogens is 365 g/mol. The highest BCUT2D eigenvalue weighted by Crippen LogP contribution is 2.10. The maximum atomic E-state index is 11.7. The highest BCUT2D eigenvalue weighted by Gasteiger charge is 2.10. The third-order valence-electron chi connectivity index (χ3n) is 3.76. The predicted octanol–water partition coefficient (Wildman–Crippen LogP) is 1.21. The number of carbonyl (C=O) groups is 1. The summed E-state index contributed by atoms with van der Waals surface area (Å²) in [7, 11) is 1.64. The van der Waals surface area contributed by atoms with E-state index < -0.39 is 0 Å². The molecule has 1 aliphatic heterocycles. The first-order valence-corrected chi connectivity index (χ1v) is 8.12. The minimum atomic E-state index is -0.000291. The van der Waals surface area contributed by atoms with Gasteiger partial charge in [0, 0.05) is 39.8 Å². The van der Waals surface area contributed by atoms with Gasteiger partial charge in [-0.25, -0.2) is 0 Å². The Morgan fingerprint density at radius 3 is 2.68 bits per heavy atom. The third kappa shape index (κ3) is 9.99. The Bertz CT molecular complexity index is 486. The molecular formula is C17H29Cl2N3O3. The van der Waals surface area contributed by atoms with Crippen LogP contribution in [0.2, 0.25) is 0 Å². The Morgan fingerprint density at radius 2 is 1.96 bits per heavy atom. The highest BCUT2D eigenvalue weighted by atomic mass is 35.5. The number of hydrogen-bond acceptors (Lipinski definition) is 5. The van der Waals surface area contributed by atoms with Gasteiger partial charge in [-0.1, -0.05) is 24.3 Å². The molecule has 6 nitrogen and oxygen atoms in total. The number of amides is 1. The number of benzene rings is 1. The van der Waals surface area contributed by atoms with Gasteiger partial charge in [-0.05, 0) is 11.1 Å². The number of nitrogens with zero attached hydrogens (tertiary/aromatic N) is 1. The largest absolute Gasteiger partial charge is 0.383 e. The molecule has 144 valence electrons. The second kappa shape index (κ2) is 14.3. The molecule has 0 bridgehead atoms. The fourth-order valence-electron chi connectivity index (χ4n) is 2.49. The molecule has 1 aromatic carbocycles. The highest BCUT2D eigenvalue weighted by molar-refractivity contribution is 5.85. The van der Waals surface area contributed by atoms with Crippen molar-refractivity contribution in [3.63, 3.8) is 0 Å². The quantitative estimate of drug-likeness (QED) is 0.617. The number of nitrogens with one attached hydrogen (secondary N) is 2. The summed E-state index contributed by atoms with van der Waals surface area (Å²) in [5, 5.41) is 5.96. The Kier molecular flexibility index (Phi) is 13.8. The summed E-state index contributed by atoms with van der Waals surface area (Å²) in [4.78, 5) is 14.1. The minimum absolute atomic E-state index is 0. The molecule has 0 saturated carbocycles. The molecule has 0 aliphatic carbocycles. The lowest BCUT2D eigenvalue weighted by Gasteiger charge is -2.26. The molecule has 0 aromatic heterocycles. The smallest absolute Gasteiger partial charge is 0.234 e. The minimum Gasteiger partial charge on any atom is -0.383 e. The van der Waals surface area contributed by atoms with E-state index >= 15 is 0 Å². The number of rotatable bonds is 9. The van der Waals surface area contributed by atoms with Gasteiger partial charge in [-0.15, -0.1) is 24.8 Å². The van der Waals surface area contributed by atoms with E-state index in [4.69, 9.17) is 9.47 Å². The van der Waals surface area contributed by atoms with Crippen molar-refractivity contribution >= 4 is 30.7 Å². The van der Waals surface area contributed by atoms with E-state index in [-0.39, 0.29) is 30.7 Å². The molecule has 0 spiro atoms. The zero-order valence-electron chi connectivity index (χ0n) is 14.7. The van der Waals surface area contributed by atoms with Crippen molar-refractivity contribution < 1.29 is 14.3 Å². The van der Waals surface area contributed by atoms with Crippen LogP contribution in [-0.4, -0.2) is 63.9 Å². The number of carbonyl (C=O) groups excluding carboxylic acids is 1. The Balaban J connectivity index is 0.00000288. The zero-order chi connectivity index (χ0) is 16.3. The number of hydrogen-bond donors (Lipinski definition) is 2. The number of ether oxygens (including phenoxy) is 2. The van der Waals surface area contributed by atoms with Gasteiger partial charge in [-0.3, -0.25) is 9.69 Å². The van der Waals surface area contributed by atoms with E-state index in [0.29, 0.717) is 26.2 Å². The van der Waals surface area contributed by atoms with Gasteiger partial charge in [0.1, 0.15) is 0 Å². The van der Waals surface area contributed by atoms with E-state index in [1.54, 1.807) is 7.11 Å². The monoisotopic (exact) mass is 393 g/mol. The predicted molar refractivity (Wildman–Crippen MR) is 104 cm³/mol. The molecule has 2 N–H and O–H groups in total. The maximum Gasteiger partial charge on any atom is 0.234 e. The van der Waals surface area contributed by atoms with E-state index in [0.717, 1.165) is 38.4 Å². The molecule has 2 rings (SSSR count). The van der Waals surface area contributed by atoms with E-state index in [1.165, 1.54) is 5.56 Å². The Labute approximate surface area is 162 Å². The van der Waals surface area contributed by atoms with Gasteiger partial charge in [0.15, 0.2) is 0 Å². The van der Waals surface area contributed by atoms with Crippen molar-refractivity contribution in [3.8, 4) is 0 Å². The van der Waals surface area contributed by atoms with Crippen molar-refractivity contribution in [2.24, 2.45) is 0 Å². The lowest BCUT2D eigenvalue weighted by atomic mass is 10.1. The summed E-state index contributed by atoms with van der Waals surface area (Å²) in [5.74, 6) is -0.000291. The molecule has 1 aliphatic rings. The summed E-state index contributed by atoms with van der Waals surface area (Å²) in [6, 6.07) is 8.39. The van der Waals surface area contributed by atoms with Crippen molar-refractivity contribution in [3.05, 3.63) is 35.4 Å². The summed E-state index contributed by atoms with van der Waals surface area (Å²) in [6.45, 7) is 6.68. The first-order chi connectivity index (χ1) is 11.3. The van der Waals surface area contributed by atoms with Crippen molar-refractivity contribution in [1.29, 1.82) is 0 Å². The SMILES string of the molecule is COCCNCC(=O)NCc1cccc(CN2CCOCC2)c1.Cl.Cl. The van der Waals surface area contributed by atoms with Crippen LogP contribution in [0.1, 0.15) is 11.1 Å². The van der Waals surface area contributed by atoms with Crippen LogP contribution in [0.4, 0.5) is 0 Å². The van der Waals surface area contributed by atoms with E-state index in [2.05, 4.69) is 27.7 Å². The normalized spacial score (nSPS) is 14.3. The molecule has 8 heteroatoms. The average molecular weight is 394 g/mol. The fraction of sp³-hybridized carbons (Fsp3) is 0.588. The topological polar surface area (TPSA) is 62.8 Å². The number of methoxy groups -OCH3 is 1. The second-order valence-electron chi connectivity index (χ2n) is 5.65. The van der Waals surface area contributed by atoms with Crippen molar-refractivity contribution in [2.45, 2.75) is 13.1 Å². The molecule has 0 unspecified atom stereocenters. The maximum absolute atomic E-state index is 11.7. The average Bonchev–Trinajstić information content (AvgIpc) is 2.58. The van der Waals surface area contributed by atoms with Crippen LogP contribution < -0.4 is 10.6 Å². The standard InChI is InChI=1S/C17H27N3O3.2ClH/c1-22-8-5-18-13-17(21)19-12-15-3-2-4-16(11-15)14-20-6-9-23-10-7-20;;/h2-4,11,18H,5-10,12-14H2,1H3,(H,19,21);2*1H. The van der Waals surface area contributed by atoms with Crippen LogP contribution in [0.15, 0.2) is 24.3 Å². The van der Waals surface area contributed by atoms with E-state index in [9.17, 15) is 4.79 Å². The molecule has 1 aromatic rings. The summed E-state index contributed by atoms with van der Waals surface area (Å²) >= 11 is 0. The van der Waals surface area contributed by atoms with Crippen LogP contribution in [0.25, 0.3) is 0 Å².